The van der Waals surface area contributed by atoms with E-state index in [0.717, 1.165) is 12.1 Å². The van der Waals surface area contributed by atoms with E-state index in [1.807, 2.05) is 0 Å². The molecule has 0 spiro atoms. The predicted octanol–water partition coefficient (Wildman–Crippen LogP) is 11.0. The molecule has 2 aromatic rings. The molecule has 0 aromatic heterocycles. The first-order valence-electron chi connectivity index (χ1n) is 11.9. The van der Waals surface area contributed by atoms with Crippen LogP contribution in [0, 0.1) is 22.7 Å². The van der Waals surface area contributed by atoms with Crippen molar-refractivity contribution in [3.63, 3.8) is 0 Å². The summed E-state index contributed by atoms with van der Waals surface area (Å²) >= 11 is 0. The number of nitrogens with zero attached hydrogens (tertiary/aromatic N) is 2. The van der Waals surface area contributed by atoms with Crippen LogP contribution in [0.25, 0.3) is 10.8 Å². The van der Waals surface area contributed by atoms with Crippen LogP contribution in [0.3, 0.4) is 0 Å². The molecule has 28 heteroatoms. The molecule has 292 valence electrons. The topological polar surface area (TPSA) is 47.6 Å². The number of rotatable bonds is 10. The zero-order valence-corrected chi connectivity index (χ0v) is 23.0. The van der Waals surface area contributed by atoms with Gasteiger partial charge in [0.25, 0.3) is 0 Å². The average Bonchev–Trinajstić information content (AvgIpc) is 2.97. The van der Waals surface area contributed by atoms with Gasteiger partial charge in [0, 0.05) is 11.1 Å². The molecule has 0 amide bonds. The summed E-state index contributed by atoms with van der Waals surface area (Å²) in [6, 6.07) is -1.22. The highest BCUT2D eigenvalue weighted by molar-refractivity contribution is 5.88. The van der Waals surface area contributed by atoms with Gasteiger partial charge in [-0.3, -0.25) is 0 Å². The lowest BCUT2D eigenvalue weighted by molar-refractivity contribution is -0.444. The fourth-order valence-electron chi connectivity index (χ4n) is 3.93. The van der Waals surface area contributed by atoms with Crippen LogP contribution in [0.2, 0.25) is 0 Å². The fourth-order valence-corrected chi connectivity index (χ4v) is 3.93. The molecule has 0 aliphatic rings. The first kappa shape index (κ1) is 44.0. The van der Waals surface area contributed by atoms with Crippen molar-refractivity contribution < 1.29 is 114 Å². The molecule has 2 aromatic carbocycles. The minimum Gasteiger partial charge on any atom is -0.194 e. The smallest absolute Gasteiger partial charge is 0.194 e. The molecule has 52 heavy (non-hydrogen) atoms. The molecule has 0 N–H and O–H groups in total. The van der Waals surface area contributed by atoms with Crippen molar-refractivity contribution in [3.8, 4) is 12.1 Å². The number of nitriles is 2. The van der Waals surface area contributed by atoms with Crippen LogP contribution in [0.5, 0.6) is 0 Å². The van der Waals surface area contributed by atoms with Gasteiger partial charge in [-0.15, -0.1) is 0 Å². The molecule has 0 radical (unpaired) electrons. The highest BCUT2D eigenvalue weighted by Gasteiger charge is 2.93. The molecule has 0 bridgehead atoms. The van der Waals surface area contributed by atoms with Crippen LogP contribution in [0.15, 0.2) is 24.3 Å². The summed E-state index contributed by atoms with van der Waals surface area (Å²) in [5, 5.41) is 14.4. The monoisotopic (exact) mass is 814 g/mol. The Morgan fingerprint density at radius 3 is 0.712 bits per heavy atom. The summed E-state index contributed by atoms with van der Waals surface area (Å²) in [6.45, 7) is 0. The SMILES string of the molecule is N#Cc1cc2cc(C(F)(F)C(F)(F)C(F)(F)C(F)(F)C(F)(F)C(F)(F)F)c(C(F)(F)C(F)(F)C(F)(F)C(F)(F)C(F)(F)C(F)(F)F)cc2cc1C#N. The summed E-state index contributed by atoms with van der Waals surface area (Å²) in [5.74, 6) is -86.3. The third-order valence-corrected chi connectivity index (χ3v) is 6.90. The van der Waals surface area contributed by atoms with Crippen molar-refractivity contribution in [2.24, 2.45) is 0 Å². The molecule has 2 nitrogen and oxygen atoms in total. The summed E-state index contributed by atoms with van der Waals surface area (Å²) in [4.78, 5) is 0. The summed E-state index contributed by atoms with van der Waals surface area (Å²) in [5.41, 5.74) is -11.1. The van der Waals surface area contributed by atoms with Gasteiger partial charge in [-0.1, -0.05) is 0 Å². The highest BCUT2D eigenvalue weighted by Crippen LogP contribution is 2.66. The molecular formula is C24H4F26N2. The lowest BCUT2D eigenvalue weighted by atomic mass is 9.82. The van der Waals surface area contributed by atoms with Crippen molar-refractivity contribution in [3.05, 3.63) is 46.5 Å². The van der Waals surface area contributed by atoms with E-state index in [9.17, 15) is 96.6 Å². The Hall–Kier alpha value is -4.14. The summed E-state index contributed by atoms with van der Waals surface area (Å²) < 4.78 is 358. The number of halogens is 26. The van der Waals surface area contributed by atoms with Gasteiger partial charge in [-0.25, -0.2) is 0 Å². The quantitative estimate of drug-likeness (QED) is 0.224. The summed E-state index contributed by atoms with van der Waals surface area (Å²) in [6.07, 6.45) is -16.1. The zero-order valence-electron chi connectivity index (χ0n) is 23.0. The molecule has 2 rings (SSSR count). The van der Waals surface area contributed by atoms with Gasteiger partial charge >= 0.3 is 71.6 Å². The van der Waals surface area contributed by atoms with E-state index in [1.54, 1.807) is 0 Å². The van der Waals surface area contributed by atoms with Gasteiger partial charge in [0.05, 0.1) is 11.1 Å². The van der Waals surface area contributed by atoms with E-state index in [4.69, 9.17) is 10.5 Å². The second-order valence-corrected chi connectivity index (χ2v) is 10.1. The van der Waals surface area contributed by atoms with Crippen LogP contribution in [-0.2, 0) is 11.8 Å². The molecule has 0 fully saturated rings. The number of fused-ring (bicyclic) bond motifs is 1. The lowest BCUT2D eigenvalue weighted by Gasteiger charge is -2.42. The van der Waals surface area contributed by atoms with Gasteiger partial charge in [-0.2, -0.15) is 125 Å². The van der Waals surface area contributed by atoms with E-state index in [-0.39, 0.29) is 12.1 Å². The third kappa shape index (κ3) is 5.47. The Labute approximate surface area is 266 Å². The van der Waals surface area contributed by atoms with Crippen LogP contribution >= 0.6 is 0 Å². The molecule has 0 aliphatic carbocycles. The molecule has 0 saturated heterocycles. The first-order valence-corrected chi connectivity index (χ1v) is 11.9. The van der Waals surface area contributed by atoms with E-state index < -0.39 is 117 Å². The Morgan fingerprint density at radius 1 is 0.308 bits per heavy atom. The lowest BCUT2D eigenvalue weighted by Crippen LogP contribution is -2.70. The minimum absolute atomic E-state index is 0.164. The van der Waals surface area contributed by atoms with Gasteiger partial charge in [-0.05, 0) is 35.0 Å². The highest BCUT2D eigenvalue weighted by atomic mass is 19.4. The summed E-state index contributed by atoms with van der Waals surface area (Å²) in [7, 11) is 0. The van der Waals surface area contributed by atoms with Crippen molar-refractivity contribution in [2.45, 2.75) is 71.6 Å². The number of benzene rings is 2. The van der Waals surface area contributed by atoms with Crippen LogP contribution in [-0.4, -0.2) is 59.7 Å². The van der Waals surface area contributed by atoms with Gasteiger partial charge < -0.3 is 0 Å². The molecule has 0 heterocycles. The largest absolute Gasteiger partial charge is 0.460 e. The Balaban J connectivity index is 3.23. The first-order chi connectivity index (χ1) is 22.6. The maximum atomic E-state index is 15.2. The maximum absolute atomic E-state index is 15.2. The molecular weight excluding hydrogens is 810 g/mol. The normalized spacial score (nSPS) is 15.5. The third-order valence-electron chi connectivity index (χ3n) is 6.90. The van der Waals surface area contributed by atoms with E-state index in [2.05, 4.69) is 0 Å². The number of hydrogen-bond acceptors (Lipinski definition) is 2. The van der Waals surface area contributed by atoms with E-state index in [1.165, 1.54) is 0 Å². The molecule has 0 unspecified atom stereocenters. The van der Waals surface area contributed by atoms with E-state index >= 15 is 17.6 Å². The van der Waals surface area contributed by atoms with Crippen LogP contribution in [0.4, 0.5) is 114 Å². The second kappa shape index (κ2) is 11.7. The van der Waals surface area contributed by atoms with Gasteiger partial charge in [0.2, 0.25) is 0 Å². The Morgan fingerprint density at radius 2 is 0.519 bits per heavy atom. The Kier molecular flexibility index (Phi) is 9.89. The predicted molar refractivity (Wildman–Crippen MR) is 113 cm³/mol. The molecule has 0 atom stereocenters. The molecule has 0 saturated carbocycles. The zero-order chi connectivity index (χ0) is 41.7. The van der Waals surface area contributed by atoms with Crippen molar-refractivity contribution in [1.29, 1.82) is 10.5 Å². The standard InChI is InChI=1S/C24H4F26N2/c25-13(26,15(29,30)17(33,34)19(37,38)21(41,42)23(45,46)47)11-3-7-1-9(5-51)10(6-52)2-8(7)4-12(11)14(27,28)16(31,32)18(35,36)20(39,40)22(43,44)24(48,49)50/h1-4H. The van der Waals surface area contributed by atoms with Gasteiger partial charge in [0.15, 0.2) is 0 Å². The average molecular weight is 814 g/mol. The maximum Gasteiger partial charge on any atom is 0.460 e. The van der Waals surface area contributed by atoms with Gasteiger partial charge in [0.1, 0.15) is 12.1 Å². The van der Waals surface area contributed by atoms with Crippen molar-refractivity contribution in [1.82, 2.24) is 0 Å². The van der Waals surface area contributed by atoms with Crippen LogP contribution < -0.4 is 0 Å². The van der Waals surface area contributed by atoms with Crippen molar-refractivity contribution in [2.75, 3.05) is 0 Å². The van der Waals surface area contributed by atoms with Crippen molar-refractivity contribution >= 4 is 10.8 Å². The molecule has 0 aliphatic heterocycles. The number of alkyl halides is 26. The fraction of sp³-hybridized carbons (Fsp3) is 0.500. The Bertz CT molecular complexity index is 1670. The minimum atomic E-state index is -8.93. The van der Waals surface area contributed by atoms with Crippen LogP contribution in [0.1, 0.15) is 22.3 Å². The van der Waals surface area contributed by atoms with E-state index in [0.29, 0.717) is 0 Å². The second-order valence-electron chi connectivity index (χ2n) is 10.1. The number of hydrogen-bond donors (Lipinski definition) is 0.